The number of amides is 1. The molecule has 1 aromatic rings. The summed E-state index contributed by atoms with van der Waals surface area (Å²) in [6.07, 6.45) is 0.582. The lowest BCUT2D eigenvalue weighted by Crippen LogP contribution is -2.28. The first-order chi connectivity index (χ1) is 8.26. The van der Waals surface area contributed by atoms with Gasteiger partial charge in [-0.1, -0.05) is 37.3 Å². The summed E-state index contributed by atoms with van der Waals surface area (Å²) < 4.78 is 0. The van der Waals surface area contributed by atoms with Gasteiger partial charge in [0.15, 0.2) is 0 Å². The summed E-state index contributed by atoms with van der Waals surface area (Å²) in [7, 11) is 0. The normalized spacial score (nSPS) is 24.0. The van der Waals surface area contributed by atoms with E-state index < -0.39 is 0 Å². The summed E-state index contributed by atoms with van der Waals surface area (Å²) in [5.74, 6) is 1.03. The lowest BCUT2D eigenvalue weighted by molar-refractivity contribution is -0.129. The number of hydrogen-bond donors (Lipinski definition) is 1. The minimum absolute atomic E-state index is 0.238. The minimum atomic E-state index is 0.238. The van der Waals surface area contributed by atoms with Gasteiger partial charge in [0.1, 0.15) is 0 Å². The van der Waals surface area contributed by atoms with Crippen molar-refractivity contribution in [3.63, 3.8) is 0 Å². The van der Waals surface area contributed by atoms with Gasteiger partial charge in [0, 0.05) is 25.4 Å². The highest BCUT2D eigenvalue weighted by molar-refractivity contribution is 5.76. The Morgan fingerprint density at radius 1 is 1.35 bits per heavy atom. The van der Waals surface area contributed by atoms with Crippen LogP contribution in [-0.2, 0) is 4.79 Å². The van der Waals surface area contributed by atoms with Gasteiger partial charge in [-0.3, -0.25) is 4.79 Å². The second-order valence-corrected chi connectivity index (χ2v) is 4.67. The Kier molecular flexibility index (Phi) is 3.79. The fourth-order valence-corrected chi connectivity index (χ4v) is 2.62. The maximum atomic E-state index is 11.7. The highest BCUT2D eigenvalue weighted by Gasteiger charge is 2.34. The van der Waals surface area contributed by atoms with Crippen LogP contribution in [0, 0.1) is 5.92 Å². The molecular formula is C14H20N2O. The Morgan fingerprint density at radius 2 is 2.06 bits per heavy atom. The molecule has 1 aliphatic heterocycles. The molecule has 0 bridgehead atoms. The summed E-state index contributed by atoms with van der Waals surface area (Å²) in [6.45, 7) is 4.18. The van der Waals surface area contributed by atoms with E-state index in [2.05, 4.69) is 12.1 Å². The number of hydrogen-bond acceptors (Lipinski definition) is 2. The smallest absolute Gasteiger partial charge is 0.222 e. The van der Waals surface area contributed by atoms with Gasteiger partial charge in [0.25, 0.3) is 0 Å². The van der Waals surface area contributed by atoms with Crippen LogP contribution in [0.2, 0.25) is 0 Å². The topological polar surface area (TPSA) is 46.3 Å². The number of benzene rings is 1. The molecule has 3 heteroatoms. The molecule has 1 heterocycles. The zero-order valence-corrected chi connectivity index (χ0v) is 10.3. The van der Waals surface area contributed by atoms with E-state index in [-0.39, 0.29) is 5.91 Å². The van der Waals surface area contributed by atoms with Crippen molar-refractivity contribution >= 4 is 5.91 Å². The molecular weight excluding hydrogens is 212 g/mol. The van der Waals surface area contributed by atoms with Crippen molar-refractivity contribution in [1.82, 2.24) is 4.90 Å². The third kappa shape index (κ3) is 2.50. The molecule has 0 aromatic heterocycles. The second kappa shape index (κ2) is 5.32. The molecule has 3 nitrogen and oxygen atoms in total. The molecule has 2 atom stereocenters. The Hall–Kier alpha value is -1.35. The molecule has 92 valence electrons. The molecule has 1 fully saturated rings. The van der Waals surface area contributed by atoms with Gasteiger partial charge in [0.05, 0.1) is 0 Å². The molecule has 0 radical (unpaired) electrons. The Labute approximate surface area is 103 Å². The SMILES string of the molecule is CCC(=O)N1C[C@@H](CN)[C@H](c2ccccc2)C1. The molecule has 0 aliphatic carbocycles. The number of carbonyl (C=O) groups excluding carboxylic acids is 1. The van der Waals surface area contributed by atoms with Crippen molar-refractivity contribution in [2.45, 2.75) is 19.3 Å². The summed E-state index contributed by atoms with van der Waals surface area (Å²) in [5.41, 5.74) is 7.13. The summed E-state index contributed by atoms with van der Waals surface area (Å²) in [6, 6.07) is 10.4. The molecule has 1 amide bonds. The predicted octanol–water partition coefficient (Wildman–Crippen LogP) is 1.60. The first-order valence-electron chi connectivity index (χ1n) is 6.29. The quantitative estimate of drug-likeness (QED) is 0.860. The number of carbonyl (C=O) groups is 1. The van der Waals surface area contributed by atoms with Gasteiger partial charge < -0.3 is 10.6 Å². The lowest BCUT2D eigenvalue weighted by atomic mass is 9.89. The molecule has 1 aliphatic rings. The van der Waals surface area contributed by atoms with E-state index in [0.717, 1.165) is 13.1 Å². The fraction of sp³-hybridized carbons (Fsp3) is 0.500. The van der Waals surface area contributed by atoms with Gasteiger partial charge in [-0.15, -0.1) is 0 Å². The third-order valence-electron chi connectivity index (χ3n) is 3.63. The van der Waals surface area contributed by atoms with Crippen molar-refractivity contribution in [2.75, 3.05) is 19.6 Å². The van der Waals surface area contributed by atoms with Crippen LogP contribution in [-0.4, -0.2) is 30.4 Å². The molecule has 0 unspecified atom stereocenters. The van der Waals surface area contributed by atoms with Crippen molar-refractivity contribution in [1.29, 1.82) is 0 Å². The standard InChI is InChI=1S/C14H20N2O/c1-2-14(17)16-9-12(8-15)13(10-16)11-6-4-3-5-7-11/h3-7,12-13H,2,8-10,15H2,1H3/t12-,13+/m1/s1. The minimum Gasteiger partial charge on any atom is -0.342 e. The largest absolute Gasteiger partial charge is 0.342 e. The van der Waals surface area contributed by atoms with Gasteiger partial charge in [-0.05, 0) is 18.0 Å². The average molecular weight is 232 g/mol. The lowest BCUT2D eigenvalue weighted by Gasteiger charge is -2.16. The second-order valence-electron chi connectivity index (χ2n) is 4.67. The van der Waals surface area contributed by atoms with E-state index in [1.54, 1.807) is 0 Å². The summed E-state index contributed by atoms with van der Waals surface area (Å²) in [4.78, 5) is 13.7. The van der Waals surface area contributed by atoms with Crippen LogP contribution < -0.4 is 5.73 Å². The van der Waals surface area contributed by atoms with Crippen LogP contribution in [0.4, 0.5) is 0 Å². The fourth-order valence-electron chi connectivity index (χ4n) is 2.62. The van der Waals surface area contributed by atoms with E-state index in [1.807, 2.05) is 30.0 Å². The first-order valence-corrected chi connectivity index (χ1v) is 6.29. The van der Waals surface area contributed by atoms with Crippen LogP contribution in [0.3, 0.4) is 0 Å². The van der Waals surface area contributed by atoms with Crippen LogP contribution >= 0.6 is 0 Å². The van der Waals surface area contributed by atoms with Crippen molar-refractivity contribution in [3.8, 4) is 0 Å². The van der Waals surface area contributed by atoms with Gasteiger partial charge in [0.2, 0.25) is 5.91 Å². The number of rotatable bonds is 3. The van der Waals surface area contributed by atoms with E-state index >= 15 is 0 Å². The third-order valence-corrected chi connectivity index (χ3v) is 3.63. The predicted molar refractivity (Wildman–Crippen MR) is 68.6 cm³/mol. The molecule has 17 heavy (non-hydrogen) atoms. The molecule has 1 aromatic carbocycles. The first kappa shape index (κ1) is 12.1. The molecule has 0 spiro atoms. The zero-order chi connectivity index (χ0) is 12.3. The van der Waals surface area contributed by atoms with Crippen LogP contribution in [0.5, 0.6) is 0 Å². The Balaban J connectivity index is 2.15. The number of nitrogens with two attached hydrogens (primary N) is 1. The van der Waals surface area contributed by atoms with Crippen LogP contribution in [0.15, 0.2) is 30.3 Å². The average Bonchev–Trinajstić information content (AvgIpc) is 2.83. The van der Waals surface area contributed by atoms with E-state index in [0.29, 0.717) is 24.8 Å². The zero-order valence-electron chi connectivity index (χ0n) is 10.3. The monoisotopic (exact) mass is 232 g/mol. The number of nitrogens with zero attached hydrogens (tertiary/aromatic N) is 1. The van der Waals surface area contributed by atoms with Crippen molar-refractivity contribution in [2.24, 2.45) is 11.7 Å². The van der Waals surface area contributed by atoms with Crippen molar-refractivity contribution in [3.05, 3.63) is 35.9 Å². The maximum absolute atomic E-state index is 11.7. The summed E-state index contributed by atoms with van der Waals surface area (Å²) >= 11 is 0. The Morgan fingerprint density at radius 3 is 2.65 bits per heavy atom. The van der Waals surface area contributed by atoms with Gasteiger partial charge >= 0.3 is 0 Å². The highest BCUT2D eigenvalue weighted by atomic mass is 16.2. The van der Waals surface area contributed by atoms with Gasteiger partial charge in [-0.25, -0.2) is 0 Å². The van der Waals surface area contributed by atoms with E-state index in [9.17, 15) is 4.79 Å². The van der Waals surface area contributed by atoms with E-state index in [1.165, 1.54) is 5.56 Å². The van der Waals surface area contributed by atoms with Gasteiger partial charge in [-0.2, -0.15) is 0 Å². The molecule has 2 N–H and O–H groups in total. The highest BCUT2D eigenvalue weighted by Crippen LogP contribution is 2.32. The van der Waals surface area contributed by atoms with Crippen molar-refractivity contribution < 1.29 is 4.79 Å². The maximum Gasteiger partial charge on any atom is 0.222 e. The van der Waals surface area contributed by atoms with Crippen LogP contribution in [0.1, 0.15) is 24.8 Å². The summed E-state index contributed by atoms with van der Waals surface area (Å²) in [5, 5.41) is 0. The van der Waals surface area contributed by atoms with E-state index in [4.69, 9.17) is 5.73 Å². The van der Waals surface area contributed by atoms with Crippen LogP contribution in [0.25, 0.3) is 0 Å². The number of likely N-dealkylation sites (tertiary alicyclic amines) is 1. The molecule has 0 saturated carbocycles. The molecule has 2 rings (SSSR count). The molecule has 1 saturated heterocycles. The Bertz CT molecular complexity index is 377.